The second-order valence-electron chi connectivity index (χ2n) is 2.47. The third-order valence-electron chi connectivity index (χ3n) is 1.34. The number of hydrogen-bond acceptors (Lipinski definition) is 2. The standard InChI is InChI=1S/C6H18IN2/c1-5-9-7(3,4)6(2)8/h6,9H,5,8H2,1-4H3/q-1. The maximum atomic E-state index is 5.77. The van der Waals surface area contributed by atoms with E-state index in [1.165, 1.54) is 0 Å². The van der Waals surface area contributed by atoms with Gasteiger partial charge in [-0.25, -0.2) is 0 Å². The molecule has 3 heteroatoms. The summed E-state index contributed by atoms with van der Waals surface area (Å²) < 4.78 is 3.86. The summed E-state index contributed by atoms with van der Waals surface area (Å²) >= 11 is -1.65. The average molecular weight is 245 g/mol. The second-order valence-corrected chi connectivity index (χ2v) is 12.6. The predicted molar refractivity (Wildman–Crippen MR) is 39.2 cm³/mol. The Balaban J connectivity index is 3.70. The molecule has 1 atom stereocenters. The predicted octanol–water partition coefficient (Wildman–Crippen LogP) is -2.76. The van der Waals surface area contributed by atoms with E-state index in [4.69, 9.17) is 5.73 Å². The van der Waals surface area contributed by atoms with Crippen molar-refractivity contribution in [1.29, 1.82) is 0 Å². The first-order chi connectivity index (χ1) is 4.00. The van der Waals surface area contributed by atoms with Gasteiger partial charge in [0, 0.05) is 0 Å². The van der Waals surface area contributed by atoms with Crippen LogP contribution in [0.15, 0.2) is 0 Å². The summed E-state index contributed by atoms with van der Waals surface area (Å²) in [5, 5.41) is 0. The van der Waals surface area contributed by atoms with Crippen LogP contribution in [0.25, 0.3) is 0 Å². The third kappa shape index (κ3) is 3.37. The zero-order valence-corrected chi connectivity index (χ0v) is 8.90. The number of rotatable bonds is 3. The molecule has 0 rings (SSSR count). The van der Waals surface area contributed by atoms with Crippen molar-refractivity contribution in [2.75, 3.05) is 16.4 Å². The van der Waals surface area contributed by atoms with Gasteiger partial charge in [0.05, 0.1) is 0 Å². The van der Waals surface area contributed by atoms with Gasteiger partial charge in [-0.1, -0.05) is 0 Å². The number of alkyl halides is 3. The monoisotopic (exact) mass is 245 g/mol. The molecule has 0 aromatic carbocycles. The van der Waals surface area contributed by atoms with Crippen molar-refractivity contribution in [2.45, 2.75) is 17.9 Å². The first-order valence-electron chi connectivity index (χ1n) is 3.13. The number of nitrogens with one attached hydrogen (secondary N) is 1. The Morgan fingerprint density at radius 2 is 2.00 bits per heavy atom. The third-order valence-corrected chi connectivity index (χ3v) is 8.98. The van der Waals surface area contributed by atoms with E-state index < -0.39 is 18.7 Å². The Hall–Kier alpha value is 0.650. The van der Waals surface area contributed by atoms with Crippen molar-refractivity contribution >= 4 is 0 Å². The van der Waals surface area contributed by atoms with E-state index in [0.717, 1.165) is 6.54 Å². The van der Waals surface area contributed by atoms with Gasteiger partial charge in [0.15, 0.2) is 0 Å². The number of nitrogens with two attached hydrogens (primary N) is 1. The van der Waals surface area contributed by atoms with Crippen LogP contribution in [-0.4, -0.2) is 20.5 Å². The number of hydrogen-bond donors (Lipinski definition) is 2. The molecular weight excluding hydrogens is 227 g/mol. The molecule has 0 aromatic heterocycles. The molecule has 9 heavy (non-hydrogen) atoms. The molecule has 1 unspecified atom stereocenters. The normalized spacial score (nSPS) is 17.4. The van der Waals surface area contributed by atoms with Crippen LogP contribution in [0, 0.1) is 0 Å². The van der Waals surface area contributed by atoms with E-state index >= 15 is 0 Å². The van der Waals surface area contributed by atoms with Crippen LogP contribution >= 0.6 is 0 Å². The Bertz CT molecular complexity index is 81.1. The quantitative estimate of drug-likeness (QED) is 0.244. The summed E-state index contributed by atoms with van der Waals surface area (Å²) in [6, 6.07) is 0. The topological polar surface area (TPSA) is 38.0 Å². The van der Waals surface area contributed by atoms with E-state index in [0.29, 0.717) is 4.05 Å². The van der Waals surface area contributed by atoms with Gasteiger partial charge in [-0.2, -0.15) is 0 Å². The Morgan fingerprint density at radius 1 is 1.56 bits per heavy atom. The summed E-state index contributed by atoms with van der Waals surface area (Å²) in [7, 11) is 0. The van der Waals surface area contributed by atoms with Crippen molar-refractivity contribution in [3.8, 4) is 0 Å². The first-order valence-corrected chi connectivity index (χ1v) is 9.77. The molecule has 3 N–H and O–H groups in total. The molecule has 0 spiro atoms. The molecule has 0 heterocycles. The van der Waals surface area contributed by atoms with Crippen molar-refractivity contribution in [3.63, 3.8) is 0 Å². The van der Waals surface area contributed by atoms with E-state index in [-0.39, 0.29) is 0 Å². The van der Waals surface area contributed by atoms with Crippen LogP contribution in [0.2, 0.25) is 0 Å². The van der Waals surface area contributed by atoms with Crippen LogP contribution in [0.5, 0.6) is 0 Å². The number of halogens is 1. The Kier molecular flexibility index (Phi) is 4.00. The average Bonchev–Trinajstić information content (AvgIpc) is 1.65. The molecule has 0 aliphatic heterocycles. The molecular formula is C6H18IN2-. The van der Waals surface area contributed by atoms with E-state index in [2.05, 4.69) is 27.2 Å². The Labute approximate surface area is 62.4 Å². The second kappa shape index (κ2) is 3.73. The van der Waals surface area contributed by atoms with Gasteiger partial charge in [-0.05, 0) is 0 Å². The van der Waals surface area contributed by atoms with Crippen molar-refractivity contribution in [3.05, 3.63) is 0 Å². The molecule has 0 saturated carbocycles. The molecule has 0 aliphatic carbocycles. The molecule has 0 amide bonds. The Morgan fingerprint density at radius 3 is 2.11 bits per heavy atom. The summed E-state index contributed by atoms with van der Waals surface area (Å²) in [6.07, 6.45) is 0. The van der Waals surface area contributed by atoms with E-state index in [9.17, 15) is 0 Å². The molecule has 0 aliphatic rings. The molecule has 0 saturated heterocycles. The van der Waals surface area contributed by atoms with Crippen LogP contribution in [-0.2, 0) is 0 Å². The van der Waals surface area contributed by atoms with Gasteiger partial charge >= 0.3 is 62.3 Å². The summed E-state index contributed by atoms with van der Waals surface area (Å²) in [5.41, 5.74) is 5.77. The van der Waals surface area contributed by atoms with Gasteiger partial charge < -0.3 is 0 Å². The SMILES string of the molecule is CCN[I-](C)(C)C(C)N. The molecule has 0 aromatic rings. The van der Waals surface area contributed by atoms with Gasteiger partial charge in [0.25, 0.3) is 0 Å². The van der Waals surface area contributed by atoms with Gasteiger partial charge in [-0.15, -0.1) is 0 Å². The molecule has 60 valence electrons. The maximum absolute atomic E-state index is 5.77. The van der Waals surface area contributed by atoms with Crippen LogP contribution in [0.1, 0.15) is 13.8 Å². The fourth-order valence-corrected chi connectivity index (χ4v) is 3.13. The summed E-state index contributed by atoms with van der Waals surface area (Å²) in [6.45, 7) is 5.29. The van der Waals surface area contributed by atoms with Crippen LogP contribution < -0.4 is 28.0 Å². The molecule has 0 fully saturated rings. The van der Waals surface area contributed by atoms with Crippen molar-refractivity contribution in [1.82, 2.24) is 3.53 Å². The summed E-state index contributed by atoms with van der Waals surface area (Å²) in [4.78, 5) is 4.58. The van der Waals surface area contributed by atoms with Gasteiger partial charge in [0.1, 0.15) is 0 Å². The first kappa shape index (κ1) is 9.65. The zero-order valence-electron chi connectivity index (χ0n) is 6.74. The molecule has 2 nitrogen and oxygen atoms in total. The van der Waals surface area contributed by atoms with E-state index in [1.807, 2.05) is 0 Å². The minimum absolute atomic E-state index is 0.386. The van der Waals surface area contributed by atoms with Gasteiger partial charge in [-0.3, -0.25) is 0 Å². The van der Waals surface area contributed by atoms with Crippen molar-refractivity contribution in [2.24, 2.45) is 5.73 Å². The fraction of sp³-hybridized carbons (Fsp3) is 1.00. The van der Waals surface area contributed by atoms with Crippen LogP contribution in [0.3, 0.4) is 0 Å². The van der Waals surface area contributed by atoms with Gasteiger partial charge in [0.2, 0.25) is 0 Å². The zero-order chi connectivity index (χ0) is 7.49. The fourth-order valence-electron chi connectivity index (χ4n) is 0.466. The van der Waals surface area contributed by atoms with Crippen LogP contribution in [0.4, 0.5) is 0 Å². The van der Waals surface area contributed by atoms with E-state index in [1.54, 1.807) is 0 Å². The molecule has 0 bridgehead atoms. The minimum atomic E-state index is -1.65. The molecule has 0 radical (unpaired) electrons. The summed E-state index contributed by atoms with van der Waals surface area (Å²) in [5.74, 6) is 0. The van der Waals surface area contributed by atoms with Crippen molar-refractivity contribution < 1.29 is 18.7 Å².